The molecular formula is C21H19ClFN3O3S. The molecule has 0 radical (unpaired) electrons. The highest BCUT2D eigenvalue weighted by atomic mass is 35.5. The summed E-state index contributed by atoms with van der Waals surface area (Å²) < 4.78 is 19.3. The molecular weight excluding hydrogens is 429 g/mol. The van der Waals surface area contributed by atoms with E-state index < -0.39 is 23.7 Å². The highest BCUT2D eigenvalue weighted by Gasteiger charge is 2.30. The summed E-state index contributed by atoms with van der Waals surface area (Å²) in [7, 11) is 1.45. The zero-order chi connectivity index (χ0) is 21.8. The maximum atomic E-state index is 13.6. The molecule has 1 unspecified atom stereocenters. The maximum absolute atomic E-state index is 13.6. The largest absolute Gasteiger partial charge is 0.486 e. The molecule has 30 heavy (non-hydrogen) atoms. The molecule has 1 aromatic heterocycles. The fraction of sp³-hybridized carbons (Fsp3) is 0.190. The number of aryl methyl sites for hydroxylation is 1. The molecule has 2 N–H and O–H groups in total. The third-order valence-electron chi connectivity index (χ3n) is 4.35. The van der Waals surface area contributed by atoms with Crippen LogP contribution in [0.5, 0.6) is 5.75 Å². The number of nitrogens with zero attached hydrogens (tertiary/aromatic N) is 2. The minimum Gasteiger partial charge on any atom is -0.486 e. The Morgan fingerprint density at radius 2 is 1.97 bits per heavy atom. The van der Waals surface area contributed by atoms with Gasteiger partial charge in [0.15, 0.2) is 0 Å². The lowest BCUT2D eigenvalue weighted by Crippen LogP contribution is -2.39. The molecule has 156 valence electrons. The second-order valence-electron chi connectivity index (χ2n) is 6.54. The summed E-state index contributed by atoms with van der Waals surface area (Å²) in [5.41, 5.74) is 6.31. The summed E-state index contributed by atoms with van der Waals surface area (Å²) in [6.07, 6.45) is 0. The van der Waals surface area contributed by atoms with Gasteiger partial charge in [0.2, 0.25) is 5.91 Å². The van der Waals surface area contributed by atoms with E-state index in [0.717, 1.165) is 0 Å². The lowest BCUT2D eigenvalue weighted by molar-refractivity contribution is -0.122. The summed E-state index contributed by atoms with van der Waals surface area (Å²) in [6, 6.07) is 11.2. The van der Waals surface area contributed by atoms with Gasteiger partial charge in [-0.1, -0.05) is 23.7 Å². The van der Waals surface area contributed by atoms with Crippen LogP contribution in [0.15, 0.2) is 48.5 Å². The standard InChI is InChI=1S/C21H19ClFN3O3S/c1-12-19(30-17(25-12)11-29-16-8-6-14(22)7-9-16)21(28)26(2)18(20(24)27)13-4-3-5-15(23)10-13/h3-10,18H,11H2,1-2H3,(H2,24,27). The van der Waals surface area contributed by atoms with Gasteiger partial charge in [-0.15, -0.1) is 11.3 Å². The van der Waals surface area contributed by atoms with Crippen LogP contribution in [0.1, 0.15) is 32.0 Å². The molecule has 2 amide bonds. The molecule has 0 aliphatic rings. The number of primary amides is 1. The van der Waals surface area contributed by atoms with Crippen molar-refractivity contribution < 1.29 is 18.7 Å². The predicted octanol–water partition coefficient (Wildman–Crippen LogP) is 4.12. The third kappa shape index (κ3) is 4.95. The quantitative estimate of drug-likeness (QED) is 0.590. The van der Waals surface area contributed by atoms with Crippen molar-refractivity contribution >= 4 is 34.8 Å². The second-order valence-corrected chi connectivity index (χ2v) is 8.06. The Kier molecular flexibility index (Phi) is 6.69. The molecule has 0 saturated carbocycles. The van der Waals surface area contributed by atoms with E-state index in [4.69, 9.17) is 22.1 Å². The molecule has 1 heterocycles. The Balaban J connectivity index is 1.78. The number of benzene rings is 2. The molecule has 3 rings (SSSR count). The number of ether oxygens (including phenoxy) is 1. The van der Waals surface area contributed by atoms with E-state index in [0.29, 0.717) is 31.9 Å². The minimum atomic E-state index is -1.11. The monoisotopic (exact) mass is 447 g/mol. The normalized spacial score (nSPS) is 11.7. The van der Waals surface area contributed by atoms with Crippen molar-refractivity contribution in [2.45, 2.75) is 19.6 Å². The first kappa shape index (κ1) is 21.7. The van der Waals surface area contributed by atoms with Gasteiger partial charge in [0.1, 0.15) is 34.1 Å². The van der Waals surface area contributed by atoms with E-state index in [1.54, 1.807) is 37.3 Å². The Morgan fingerprint density at radius 3 is 2.60 bits per heavy atom. The van der Waals surface area contributed by atoms with Gasteiger partial charge in [-0.05, 0) is 48.9 Å². The first-order valence-corrected chi connectivity index (χ1v) is 10.1. The molecule has 9 heteroatoms. The number of amides is 2. The predicted molar refractivity (Wildman–Crippen MR) is 113 cm³/mol. The van der Waals surface area contributed by atoms with Gasteiger partial charge in [-0.3, -0.25) is 9.59 Å². The Hall–Kier alpha value is -2.97. The van der Waals surface area contributed by atoms with Crippen molar-refractivity contribution in [3.8, 4) is 5.75 Å². The molecule has 2 aromatic carbocycles. The summed E-state index contributed by atoms with van der Waals surface area (Å²) in [4.78, 5) is 31.0. The maximum Gasteiger partial charge on any atom is 0.266 e. The van der Waals surface area contributed by atoms with Crippen molar-refractivity contribution in [1.82, 2.24) is 9.88 Å². The topological polar surface area (TPSA) is 85.5 Å². The summed E-state index contributed by atoms with van der Waals surface area (Å²) in [6.45, 7) is 1.87. The lowest BCUT2D eigenvalue weighted by Gasteiger charge is -2.25. The zero-order valence-corrected chi connectivity index (χ0v) is 17.8. The molecule has 6 nitrogen and oxygen atoms in total. The second kappa shape index (κ2) is 9.23. The van der Waals surface area contributed by atoms with E-state index >= 15 is 0 Å². The Bertz CT molecular complexity index is 1070. The van der Waals surface area contributed by atoms with Crippen LogP contribution in [-0.4, -0.2) is 28.7 Å². The first-order chi connectivity index (χ1) is 14.3. The van der Waals surface area contributed by atoms with E-state index in [1.165, 1.54) is 41.5 Å². The van der Waals surface area contributed by atoms with E-state index in [-0.39, 0.29) is 6.61 Å². The van der Waals surface area contributed by atoms with Gasteiger partial charge in [0.25, 0.3) is 5.91 Å². The van der Waals surface area contributed by atoms with Crippen molar-refractivity contribution in [3.63, 3.8) is 0 Å². The molecule has 3 aromatic rings. The van der Waals surface area contributed by atoms with Gasteiger partial charge in [0, 0.05) is 12.1 Å². The van der Waals surface area contributed by atoms with Crippen molar-refractivity contribution in [1.29, 1.82) is 0 Å². The minimum absolute atomic E-state index is 0.174. The van der Waals surface area contributed by atoms with Gasteiger partial charge in [-0.2, -0.15) is 0 Å². The number of likely N-dealkylation sites (N-methyl/N-ethyl adjacent to an activating group) is 1. The molecule has 1 atom stereocenters. The number of rotatable bonds is 7. The first-order valence-electron chi connectivity index (χ1n) is 8.93. The Morgan fingerprint density at radius 1 is 1.27 bits per heavy atom. The molecule has 0 saturated heterocycles. The van der Waals surface area contributed by atoms with Crippen LogP contribution in [0.2, 0.25) is 5.02 Å². The highest BCUT2D eigenvalue weighted by Crippen LogP contribution is 2.27. The number of carbonyl (C=O) groups excluding carboxylic acids is 2. The van der Waals surface area contributed by atoms with Crippen LogP contribution >= 0.6 is 22.9 Å². The smallest absolute Gasteiger partial charge is 0.266 e. The Labute approximate surface area is 182 Å². The van der Waals surface area contributed by atoms with E-state index in [9.17, 15) is 14.0 Å². The van der Waals surface area contributed by atoms with Gasteiger partial charge in [0.05, 0.1) is 5.69 Å². The highest BCUT2D eigenvalue weighted by molar-refractivity contribution is 7.13. The number of carbonyl (C=O) groups is 2. The number of thiazole rings is 1. The number of aromatic nitrogens is 1. The fourth-order valence-corrected chi connectivity index (χ4v) is 4.01. The van der Waals surface area contributed by atoms with E-state index in [1.807, 2.05) is 0 Å². The van der Waals surface area contributed by atoms with Crippen LogP contribution in [0.3, 0.4) is 0 Å². The fourth-order valence-electron chi connectivity index (χ4n) is 2.92. The van der Waals surface area contributed by atoms with Gasteiger partial charge >= 0.3 is 0 Å². The number of hydrogen-bond acceptors (Lipinski definition) is 5. The summed E-state index contributed by atoms with van der Waals surface area (Å²) >= 11 is 7.02. The van der Waals surface area contributed by atoms with Crippen LogP contribution in [0.4, 0.5) is 4.39 Å². The average molecular weight is 448 g/mol. The number of nitrogens with two attached hydrogens (primary N) is 1. The third-order valence-corrected chi connectivity index (χ3v) is 5.72. The number of hydrogen-bond donors (Lipinski definition) is 1. The van der Waals surface area contributed by atoms with Crippen LogP contribution in [-0.2, 0) is 11.4 Å². The molecule has 0 bridgehead atoms. The number of halogens is 2. The summed E-state index contributed by atoms with van der Waals surface area (Å²) in [5, 5.41) is 1.20. The molecule has 0 fully saturated rings. The van der Waals surface area contributed by atoms with Crippen molar-refractivity contribution in [3.05, 3.63) is 80.5 Å². The van der Waals surface area contributed by atoms with Gasteiger partial charge < -0.3 is 15.4 Å². The van der Waals surface area contributed by atoms with Gasteiger partial charge in [-0.25, -0.2) is 9.37 Å². The molecule has 0 aliphatic heterocycles. The van der Waals surface area contributed by atoms with E-state index in [2.05, 4.69) is 4.98 Å². The summed E-state index contributed by atoms with van der Waals surface area (Å²) in [5.74, 6) is -1.09. The average Bonchev–Trinajstić information content (AvgIpc) is 3.07. The van der Waals surface area contributed by atoms with Crippen molar-refractivity contribution in [2.24, 2.45) is 5.73 Å². The molecule has 0 spiro atoms. The zero-order valence-electron chi connectivity index (χ0n) is 16.3. The lowest BCUT2D eigenvalue weighted by atomic mass is 10.0. The van der Waals surface area contributed by atoms with Crippen molar-refractivity contribution in [2.75, 3.05) is 7.05 Å². The SMILES string of the molecule is Cc1nc(COc2ccc(Cl)cc2)sc1C(=O)N(C)C(C(N)=O)c1cccc(F)c1. The molecule has 0 aliphatic carbocycles. The van der Waals surface area contributed by atoms with Crippen LogP contribution in [0, 0.1) is 12.7 Å². The van der Waals surface area contributed by atoms with Crippen LogP contribution in [0.25, 0.3) is 0 Å². The van der Waals surface area contributed by atoms with Crippen LogP contribution < -0.4 is 10.5 Å².